The minimum absolute atomic E-state index is 0.826. The molecule has 1 aliphatic rings. The van der Waals surface area contributed by atoms with E-state index < -0.39 is 0 Å². The van der Waals surface area contributed by atoms with Gasteiger partial charge in [0.2, 0.25) is 0 Å². The van der Waals surface area contributed by atoms with Crippen molar-refractivity contribution < 1.29 is 0 Å². The van der Waals surface area contributed by atoms with E-state index in [1.165, 1.54) is 0 Å². The fourth-order valence-corrected chi connectivity index (χ4v) is 0.637. The van der Waals surface area contributed by atoms with Crippen molar-refractivity contribution in [2.45, 2.75) is 0 Å². The van der Waals surface area contributed by atoms with E-state index in [0.29, 0.717) is 0 Å². The molecule has 0 unspecified atom stereocenters. The molecule has 0 bridgehead atoms. The van der Waals surface area contributed by atoms with E-state index >= 15 is 0 Å². The van der Waals surface area contributed by atoms with Crippen LogP contribution in [0, 0.1) is 0 Å². The lowest BCUT2D eigenvalue weighted by atomic mass is 10.5. The molecule has 0 amide bonds. The fourth-order valence-electron chi connectivity index (χ4n) is 0.637. The Hall–Kier alpha value is -0.830. The zero-order valence-electron chi connectivity index (χ0n) is 5.70. The van der Waals surface area contributed by atoms with Crippen LogP contribution in [0.15, 0.2) is 17.4 Å². The minimum Gasteiger partial charge on any atom is -0.302 e. The topological polar surface area (TPSA) is 29.7 Å². The molecule has 49 valence electrons. The van der Waals surface area contributed by atoms with Crippen LogP contribution in [0.3, 0.4) is 0 Å². The van der Waals surface area contributed by atoms with Gasteiger partial charge in [0.05, 0.1) is 6.54 Å². The van der Waals surface area contributed by atoms with Gasteiger partial charge in [-0.15, -0.1) is 0 Å². The van der Waals surface area contributed by atoms with E-state index in [2.05, 4.69) is 10.3 Å². The van der Waals surface area contributed by atoms with Crippen molar-refractivity contribution >= 4 is 5.84 Å². The first-order valence-electron chi connectivity index (χ1n) is 2.86. The standard InChI is InChI=1S/C6H10N3/c1-9(2)5-6-7-3-4-8-6/h3-4H,5H2,1-2H3. The molecule has 0 atom stereocenters. The van der Waals surface area contributed by atoms with Crippen molar-refractivity contribution in [2.75, 3.05) is 20.6 Å². The average molecular weight is 124 g/mol. The predicted octanol–water partition coefficient (Wildman–Crippen LogP) is 0.0357. The van der Waals surface area contributed by atoms with Crippen LogP contribution in [-0.4, -0.2) is 31.4 Å². The van der Waals surface area contributed by atoms with Crippen LogP contribution in [0.5, 0.6) is 0 Å². The van der Waals surface area contributed by atoms with Gasteiger partial charge in [0.25, 0.3) is 0 Å². The van der Waals surface area contributed by atoms with Crippen LogP contribution in [0.4, 0.5) is 0 Å². The lowest BCUT2D eigenvalue weighted by Gasteiger charge is -2.06. The summed E-state index contributed by atoms with van der Waals surface area (Å²) < 4.78 is 0. The summed E-state index contributed by atoms with van der Waals surface area (Å²) in [6.45, 7) is 0.826. The van der Waals surface area contributed by atoms with E-state index in [4.69, 9.17) is 0 Å². The second-order valence-electron chi connectivity index (χ2n) is 2.21. The first-order chi connectivity index (χ1) is 4.29. The lowest BCUT2D eigenvalue weighted by Crippen LogP contribution is -2.24. The molecule has 9 heavy (non-hydrogen) atoms. The van der Waals surface area contributed by atoms with Gasteiger partial charge in [-0.25, -0.2) is 10.3 Å². The van der Waals surface area contributed by atoms with Crippen molar-refractivity contribution in [3.8, 4) is 0 Å². The van der Waals surface area contributed by atoms with Crippen molar-refractivity contribution in [3.63, 3.8) is 0 Å². The number of hydrogen-bond acceptors (Lipinski definition) is 2. The van der Waals surface area contributed by atoms with E-state index in [1.54, 1.807) is 12.4 Å². The maximum absolute atomic E-state index is 4.00. The van der Waals surface area contributed by atoms with Gasteiger partial charge in [0.1, 0.15) is 5.84 Å². The Morgan fingerprint density at radius 1 is 1.44 bits per heavy atom. The summed E-state index contributed by atoms with van der Waals surface area (Å²) in [6, 6.07) is 0. The zero-order chi connectivity index (χ0) is 6.69. The quantitative estimate of drug-likeness (QED) is 0.511. The molecule has 0 spiro atoms. The number of nitrogens with zero attached hydrogens (tertiary/aromatic N) is 3. The Balaban J connectivity index is 2.30. The minimum atomic E-state index is 0.826. The third kappa shape index (κ3) is 1.85. The third-order valence-corrected chi connectivity index (χ3v) is 0.971. The Morgan fingerprint density at radius 3 is 2.67 bits per heavy atom. The molecule has 1 radical (unpaired) electrons. The van der Waals surface area contributed by atoms with E-state index in [9.17, 15) is 0 Å². The normalized spacial score (nSPS) is 16.1. The average Bonchev–Trinajstić information content (AvgIpc) is 2.15. The Labute approximate surface area is 55.1 Å². The highest BCUT2D eigenvalue weighted by molar-refractivity contribution is 5.86. The summed E-state index contributed by atoms with van der Waals surface area (Å²) in [5, 5.41) is 4.00. The Bertz CT molecular complexity index is 146. The number of amidine groups is 1. The second-order valence-corrected chi connectivity index (χ2v) is 2.21. The Morgan fingerprint density at radius 2 is 2.22 bits per heavy atom. The summed E-state index contributed by atoms with van der Waals surface area (Å²) in [5.41, 5.74) is 0. The molecule has 0 aromatic heterocycles. The molecule has 1 heterocycles. The lowest BCUT2D eigenvalue weighted by molar-refractivity contribution is 0.466. The molecule has 3 heteroatoms. The molecule has 0 aliphatic carbocycles. The number of hydrogen-bond donors (Lipinski definition) is 0. The van der Waals surface area contributed by atoms with Crippen LogP contribution in [0.2, 0.25) is 0 Å². The van der Waals surface area contributed by atoms with E-state index in [1.807, 2.05) is 19.0 Å². The van der Waals surface area contributed by atoms with Crippen LogP contribution in [-0.2, 0) is 0 Å². The molecular weight excluding hydrogens is 114 g/mol. The maximum Gasteiger partial charge on any atom is 0.142 e. The van der Waals surface area contributed by atoms with Crippen LogP contribution < -0.4 is 5.32 Å². The highest BCUT2D eigenvalue weighted by atomic mass is 15.1. The van der Waals surface area contributed by atoms with Gasteiger partial charge in [-0.3, -0.25) is 0 Å². The zero-order valence-corrected chi connectivity index (χ0v) is 5.70. The predicted molar refractivity (Wildman–Crippen MR) is 37.3 cm³/mol. The first kappa shape index (κ1) is 6.29. The van der Waals surface area contributed by atoms with Crippen molar-refractivity contribution in [3.05, 3.63) is 12.4 Å². The van der Waals surface area contributed by atoms with Gasteiger partial charge < -0.3 is 4.90 Å². The molecule has 0 fully saturated rings. The fraction of sp³-hybridized carbons (Fsp3) is 0.500. The molecule has 1 rings (SSSR count). The van der Waals surface area contributed by atoms with Gasteiger partial charge in [-0.05, 0) is 14.1 Å². The molecule has 1 aliphatic heterocycles. The number of likely N-dealkylation sites (N-methyl/N-ethyl adjacent to an activating group) is 1. The van der Waals surface area contributed by atoms with Crippen molar-refractivity contribution in [2.24, 2.45) is 4.99 Å². The summed E-state index contributed by atoms with van der Waals surface area (Å²) in [5.74, 6) is 0.889. The van der Waals surface area contributed by atoms with Crippen LogP contribution in [0.1, 0.15) is 0 Å². The Kier molecular flexibility index (Phi) is 1.85. The molecule has 0 N–H and O–H groups in total. The van der Waals surface area contributed by atoms with Gasteiger partial charge >= 0.3 is 0 Å². The second kappa shape index (κ2) is 2.64. The van der Waals surface area contributed by atoms with Crippen molar-refractivity contribution in [1.29, 1.82) is 0 Å². The molecular formula is C6H10N3. The maximum atomic E-state index is 4.00. The van der Waals surface area contributed by atoms with E-state index in [0.717, 1.165) is 12.4 Å². The molecule has 0 aromatic rings. The molecule has 0 aromatic carbocycles. The first-order valence-corrected chi connectivity index (χ1v) is 2.86. The summed E-state index contributed by atoms with van der Waals surface area (Å²) >= 11 is 0. The van der Waals surface area contributed by atoms with Gasteiger partial charge in [0, 0.05) is 12.4 Å². The van der Waals surface area contributed by atoms with Gasteiger partial charge in [-0.1, -0.05) is 0 Å². The molecule has 3 nitrogen and oxygen atoms in total. The highest BCUT2D eigenvalue weighted by Gasteiger charge is 2.01. The highest BCUT2D eigenvalue weighted by Crippen LogP contribution is 1.89. The smallest absolute Gasteiger partial charge is 0.142 e. The largest absolute Gasteiger partial charge is 0.302 e. The number of aliphatic imine (C=N–C) groups is 1. The van der Waals surface area contributed by atoms with Gasteiger partial charge in [-0.2, -0.15) is 0 Å². The molecule has 0 saturated carbocycles. The number of rotatable bonds is 2. The summed E-state index contributed by atoms with van der Waals surface area (Å²) in [6.07, 6.45) is 3.41. The monoisotopic (exact) mass is 124 g/mol. The third-order valence-electron chi connectivity index (χ3n) is 0.971. The van der Waals surface area contributed by atoms with Crippen LogP contribution in [0.25, 0.3) is 0 Å². The van der Waals surface area contributed by atoms with Gasteiger partial charge in [0.15, 0.2) is 0 Å². The summed E-state index contributed by atoms with van der Waals surface area (Å²) in [7, 11) is 3.99. The van der Waals surface area contributed by atoms with Crippen LogP contribution >= 0.6 is 0 Å². The van der Waals surface area contributed by atoms with E-state index in [-0.39, 0.29) is 0 Å². The summed E-state index contributed by atoms with van der Waals surface area (Å²) in [4.78, 5) is 6.04. The SMILES string of the molecule is CN(C)CC1=NC=C[N]1. The van der Waals surface area contributed by atoms with Crippen molar-refractivity contribution in [1.82, 2.24) is 10.2 Å². The molecule has 0 saturated heterocycles.